The minimum absolute atomic E-state index is 0.00631. The summed E-state index contributed by atoms with van der Waals surface area (Å²) >= 11 is 0. The van der Waals surface area contributed by atoms with E-state index in [4.69, 9.17) is 15.0 Å². The summed E-state index contributed by atoms with van der Waals surface area (Å²) in [5.74, 6) is -0.169. The van der Waals surface area contributed by atoms with Gasteiger partial charge in [0, 0.05) is 0 Å². The molecule has 1 aromatic rings. The fourth-order valence-corrected chi connectivity index (χ4v) is 1.85. The normalized spacial score (nSPS) is 13.0. The van der Waals surface area contributed by atoms with Crippen molar-refractivity contribution in [3.63, 3.8) is 0 Å². The molecule has 1 rings (SSSR count). The molecule has 6 nitrogen and oxygen atoms in total. The van der Waals surface area contributed by atoms with E-state index in [0.29, 0.717) is 6.61 Å². The Morgan fingerprint density at radius 1 is 1.21 bits per heavy atom. The SMILES string of the molecule is CC(C)[C@H](N)C(=O)OCC(C)(C)C.Cc1ccc(S(=O)(=O)O)cc1. The minimum atomic E-state index is -4.02. The third-order valence-electron chi connectivity index (χ3n) is 2.96. The molecule has 0 spiro atoms. The van der Waals surface area contributed by atoms with Crippen LogP contribution >= 0.6 is 0 Å². The molecule has 0 unspecified atom stereocenters. The molecule has 0 fully saturated rings. The maximum Gasteiger partial charge on any atom is 0.323 e. The number of benzene rings is 1. The summed E-state index contributed by atoms with van der Waals surface area (Å²) in [6.45, 7) is 12.1. The first-order chi connectivity index (χ1) is 10.7. The summed E-state index contributed by atoms with van der Waals surface area (Å²) < 4.78 is 34.6. The molecule has 0 heterocycles. The number of carbonyl (C=O) groups excluding carboxylic acids is 1. The zero-order valence-electron chi connectivity index (χ0n) is 15.2. The molecule has 0 aliphatic heterocycles. The lowest BCUT2D eigenvalue weighted by Gasteiger charge is -2.20. The van der Waals surface area contributed by atoms with Gasteiger partial charge in [-0.15, -0.1) is 0 Å². The Labute approximate surface area is 145 Å². The molecule has 0 saturated carbocycles. The fourth-order valence-electron chi connectivity index (χ4n) is 1.37. The maximum atomic E-state index is 11.3. The molecule has 1 atom stereocenters. The predicted octanol–water partition coefficient (Wildman–Crippen LogP) is 2.80. The molecule has 0 aliphatic rings. The Bertz CT molecular complexity index is 615. The molecule has 0 aliphatic carbocycles. The van der Waals surface area contributed by atoms with Crippen molar-refractivity contribution in [3.8, 4) is 0 Å². The van der Waals surface area contributed by atoms with Crippen molar-refractivity contribution in [2.75, 3.05) is 6.61 Å². The van der Waals surface area contributed by atoms with Crippen LogP contribution in [0.25, 0.3) is 0 Å². The number of rotatable bonds is 4. The average Bonchev–Trinajstić information content (AvgIpc) is 2.43. The minimum Gasteiger partial charge on any atom is -0.464 e. The lowest BCUT2D eigenvalue weighted by molar-refractivity contribution is -0.149. The van der Waals surface area contributed by atoms with Gasteiger partial charge in [-0.2, -0.15) is 8.42 Å². The van der Waals surface area contributed by atoms with Crippen molar-refractivity contribution in [1.29, 1.82) is 0 Å². The third kappa shape index (κ3) is 9.64. The molecule has 0 aromatic heterocycles. The van der Waals surface area contributed by atoms with Crippen LogP contribution < -0.4 is 5.73 Å². The molecule has 0 saturated heterocycles. The number of carbonyl (C=O) groups is 1. The van der Waals surface area contributed by atoms with E-state index < -0.39 is 16.2 Å². The van der Waals surface area contributed by atoms with Crippen LogP contribution in [0.3, 0.4) is 0 Å². The molecule has 0 bridgehead atoms. The van der Waals surface area contributed by atoms with Crippen molar-refractivity contribution in [1.82, 2.24) is 0 Å². The quantitative estimate of drug-likeness (QED) is 0.632. The van der Waals surface area contributed by atoms with Gasteiger partial charge in [0.15, 0.2) is 0 Å². The van der Waals surface area contributed by atoms with Crippen molar-refractivity contribution < 1.29 is 22.5 Å². The van der Waals surface area contributed by atoms with Crippen LogP contribution in [0.5, 0.6) is 0 Å². The molecule has 0 amide bonds. The van der Waals surface area contributed by atoms with Crippen LogP contribution in [0, 0.1) is 18.3 Å². The Balaban J connectivity index is 0.000000446. The number of nitrogens with two attached hydrogens (primary N) is 1. The molecule has 3 N–H and O–H groups in total. The van der Waals surface area contributed by atoms with E-state index in [9.17, 15) is 13.2 Å². The van der Waals surface area contributed by atoms with E-state index in [1.807, 2.05) is 41.5 Å². The second-order valence-corrected chi connectivity index (χ2v) is 8.65. The fraction of sp³-hybridized carbons (Fsp3) is 0.588. The number of aryl methyl sites for hydroxylation is 1. The van der Waals surface area contributed by atoms with E-state index in [1.54, 1.807) is 12.1 Å². The summed E-state index contributed by atoms with van der Waals surface area (Å²) in [7, 11) is -4.02. The lowest BCUT2D eigenvalue weighted by Crippen LogP contribution is -2.38. The zero-order valence-corrected chi connectivity index (χ0v) is 16.1. The summed E-state index contributed by atoms with van der Waals surface area (Å²) in [6.07, 6.45) is 0. The summed E-state index contributed by atoms with van der Waals surface area (Å²) in [4.78, 5) is 11.2. The Morgan fingerprint density at radius 2 is 1.67 bits per heavy atom. The smallest absolute Gasteiger partial charge is 0.323 e. The summed E-state index contributed by atoms with van der Waals surface area (Å²) in [5, 5.41) is 0. The number of hydrogen-bond acceptors (Lipinski definition) is 5. The van der Waals surface area contributed by atoms with Gasteiger partial charge in [-0.05, 0) is 30.4 Å². The lowest BCUT2D eigenvalue weighted by atomic mass is 9.98. The third-order valence-corrected chi connectivity index (χ3v) is 3.82. The van der Waals surface area contributed by atoms with Gasteiger partial charge in [-0.1, -0.05) is 52.3 Å². The Kier molecular flexibility index (Phi) is 8.60. The van der Waals surface area contributed by atoms with Crippen molar-refractivity contribution in [2.45, 2.75) is 52.5 Å². The van der Waals surface area contributed by atoms with Gasteiger partial charge >= 0.3 is 5.97 Å². The van der Waals surface area contributed by atoms with Crippen LogP contribution in [-0.2, 0) is 19.6 Å². The van der Waals surface area contributed by atoms with Crippen LogP contribution in [0.1, 0.15) is 40.2 Å². The van der Waals surface area contributed by atoms with Crippen LogP contribution in [-0.4, -0.2) is 31.6 Å². The Morgan fingerprint density at radius 3 is 2.00 bits per heavy atom. The van der Waals surface area contributed by atoms with Crippen molar-refractivity contribution in [3.05, 3.63) is 29.8 Å². The first kappa shape index (κ1) is 22.6. The number of esters is 1. The summed E-state index contributed by atoms with van der Waals surface area (Å²) in [5.41, 5.74) is 6.58. The van der Waals surface area contributed by atoms with Gasteiger partial charge in [-0.3, -0.25) is 9.35 Å². The largest absolute Gasteiger partial charge is 0.464 e. The topological polar surface area (TPSA) is 107 Å². The highest BCUT2D eigenvalue weighted by molar-refractivity contribution is 7.85. The van der Waals surface area contributed by atoms with Crippen LogP contribution in [0.15, 0.2) is 29.2 Å². The van der Waals surface area contributed by atoms with Gasteiger partial charge in [0.05, 0.1) is 11.5 Å². The maximum absolute atomic E-state index is 11.3. The highest BCUT2D eigenvalue weighted by Crippen LogP contribution is 2.13. The number of ether oxygens (including phenoxy) is 1. The first-order valence-electron chi connectivity index (χ1n) is 7.70. The average molecular weight is 359 g/mol. The van der Waals surface area contributed by atoms with Gasteiger partial charge in [-0.25, -0.2) is 0 Å². The molecular weight excluding hydrogens is 330 g/mol. The summed E-state index contributed by atoms with van der Waals surface area (Å²) in [6, 6.07) is 5.49. The van der Waals surface area contributed by atoms with Gasteiger partial charge in [0.1, 0.15) is 6.04 Å². The molecule has 1 aromatic carbocycles. The van der Waals surface area contributed by atoms with E-state index in [0.717, 1.165) is 5.56 Å². The highest BCUT2D eigenvalue weighted by Gasteiger charge is 2.21. The monoisotopic (exact) mass is 359 g/mol. The zero-order chi connectivity index (χ0) is 19.1. The van der Waals surface area contributed by atoms with Gasteiger partial charge < -0.3 is 10.5 Å². The van der Waals surface area contributed by atoms with Gasteiger partial charge in [0.25, 0.3) is 10.1 Å². The van der Waals surface area contributed by atoms with E-state index in [1.165, 1.54) is 12.1 Å². The second kappa shape index (κ2) is 9.15. The van der Waals surface area contributed by atoms with Crippen LogP contribution in [0.2, 0.25) is 0 Å². The van der Waals surface area contributed by atoms with E-state index in [-0.39, 0.29) is 22.2 Å². The van der Waals surface area contributed by atoms with Crippen LogP contribution in [0.4, 0.5) is 0 Å². The molecule has 24 heavy (non-hydrogen) atoms. The van der Waals surface area contributed by atoms with Gasteiger partial charge in [0.2, 0.25) is 0 Å². The van der Waals surface area contributed by atoms with Crippen molar-refractivity contribution in [2.24, 2.45) is 17.1 Å². The second-order valence-electron chi connectivity index (χ2n) is 7.23. The van der Waals surface area contributed by atoms with Crippen molar-refractivity contribution >= 4 is 16.1 Å². The molecular formula is C17H29NO5S. The predicted molar refractivity (Wildman–Crippen MR) is 94.2 cm³/mol. The number of hydrogen-bond donors (Lipinski definition) is 2. The molecule has 138 valence electrons. The standard InChI is InChI=1S/C10H21NO2.C7H8O3S/c1-7(2)8(11)9(12)13-6-10(3,4)5;1-6-2-4-7(5-3-6)11(8,9)10/h7-8H,6,11H2,1-5H3;2-5H,1H3,(H,8,9,10)/t8-;/m0./s1. The Hall–Kier alpha value is -1.44. The van der Waals surface area contributed by atoms with E-state index >= 15 is 0 Å². The first-order valence-corrected chi connectivity index (χ1v) is 9.14. The molecule has 0 radical (unpaired) electrons. The van der Waals surface area contributed by atoms with E-state index in [2.05, 4.69) is 0 Å². The highest BCUT2D eigenvalue weighted by atomic mass is 32.2. The molecule has 7 heteroatoms.